The summed E-state index contributed by atoms with van der Waals surface area (Å²) in [6, 6.07) is 1.36. The Morgan fingerprint density at radius 2 is 2.20 bits per heavy atom. The average Bonchev–Trinajstić information content (AvgIpc) is 3.05. The van der Waals surface area contributed by atoms with Crippen LogP contribution in [0.25, 0.3) is 0 Å². The Morgan fingerprint density at radius 3 is 2.85 bits per heavy atom. The summed E-state index contributed by atoms with van der Waals surface area (Å²) in [4.78, 5) is 5.04. The summed E-state index contributed by atoms with van der Waals surface area (Å²) in [6.45, 7) is 8.96. The van der Waals surface area contributed by atoms with Gasteiger partial charge in [-0.3, -0.25) is 4.90 Å². The van der Waals surface area contributed by atoms with E-state index < -0.39 is 0 Å². The van der Waals surface area contributed by atoms with Crippen molar-refractivity contribution in [2.24, 2.45) is 5.92 Å². The summed E-state index contributed by atoms with van der Waals surface area (Å²) in [5.74, 6) is 0.710. The van der Waals surface area contributed by atoms with E-state index in [1.54, 1.807) is 0 Å². The van der Waals surface area contributed by atoms with Gasteiger partial charge >= 0.3 is 0 Å². The fourth-order valence-corrected chi connectivity index (χ4v) is 3.60. The van der Waals surface area contributed by atoms with Gasteiger partial charge in [0.2, 0.25) is 0 Å². The zero-order chi connectivity index (χ0) is 14.4. The van der Waals surface area contributed by atoms with Crippen LogP contribution in [0.5, 0.6) is 0 Å². The summed E-state index contributed by atoms with van der Waals surface area (Å²) in [5.41, 5.74) is 0. The number of likely N-dealkylation sites (N-methyl/N-ethyl adjacent to an activating group) is 1. The van der Waals surface area contributed by atoms with Crippen LogP contribution in [0.1, 0.15) is 32.6 Å². The lowest BCUT2D eigenvalue weighted by Gasteiger charge is -2.33. The van der Waals surface area contributed by atoms with Crippen molar-refractivity contribution in [1.82, 2.24) is 15.1 Å². The van der Waals surface area contributed by atoms with Crippen molar-refractivity contribution < 1.29 is 4.74 Å². The molecule has 118 valence electrons. The second kappa shape index (κ2) is 8.32. The fraction of sp³-hybridized carbons (Fsp3) is 1.00. The largest absolute Gasteiger partial charge is 0.381 e. The summed E-state index contributed by atoms with van der Waals surface area (Å²) >= 11 is 0. The van der Waals surface area contributed by atoms with E-state index in [0.717, 1.165) is 25.8 Å². The number of hydrogen-bond donors (Lipinski definition) is 1. The highest BCUT2D eigenvalue weighted by Crippen LogP contribution is 2.22. The van der Waals surface area contributed by atoms with E-state index in [9.17, 15) is 0 Å². The third-order valence-corrected chi connectivity index (χ3v) is 4.70. The molecule has 4 nitrogen and oxygen atoms in total. The number of nitrogens with one attached hydrogen (secondary N) is 1. The van der Waals surface area contributed by atoms with E-state index in [1.165, 1.54) is 45.3 Å². The van der Waals surface area contributed by atoms with Crippen LogP contribution < -0.4 is 5.32 Å². The first kappa shape index (κ1) is 16.2. The zero-order valence-electron chi connectivity index (χ0n) is 13.6. The molecule has 1 N–H and O–H groups in total. The van der Waals surface area contributed by atoms with Crippen molar-refractivity contribution in [2.45, 2.75) is 44.7 Å². The second-order valence-electron chi connectivity index (χ2n) is 6.74. The Balaban J connectivity index is 1.88. The number of likely N-dealkylation sites (tertiary alicyclic amines) is 1. The Morgan fingerprint density at radius 1 is 1.35 bits per heavy atom. The van der Waals surface area contributed by atoms with Crippen LogP contribution in [0, 0.1) is 5.92 Å². The summed E-state index contributed by atoms with van der Waals surface area (Å²) in [6.07, 6.45) is 5.17. The van der Waals surface area contributed by atoms with E-state index in [-0.39, 0.29) is 0 Å². The molecule has 2 saturated heterocycles. The maximum Gasteiger partial charge on any atom is 0.0510 e. The summed E-state index contributed by atoms with van der Waals surface area (Å²) in [7, 11) is 4.38. The third kappa shape index (κ3) is 4.69. The van der Waals surface area contributed by atoms with Crippen LogP contribution >= 0.6 is 0 Å². The molecule has 2 fully saturated rings. The SMILES string of the molecule is CCCNC(CN1CCCC1CN(C)C)C1CCOC1. The molecule has 2 aliphatic heterocycles. The normalized spacial score (nSPS) is 29.4. The van der Waals surface area contributed by atoms with Crippen molar-refractivity contribution in [3.05, 3.63) is 0 Å². The topological polar surface area (TPSA) is 27.7 Å². The standard InChI is InChI=1S/C16H33N3O/c1-4-8-17-16(14-7-10-20-13-14)12-19-9-5-6-15(19)11-18(2)3/h14-17H,4-13H2,1-3H3. The Bertz CT molecular complexity index is 266. The first-order valence-corrected chi connectivity index (χ1v) is 8.40. The van der Waals surface area contributed by atoms with Gasteiger partial charge in [0.05, 0.1) is 6.61 Å². The maximum atomic E-state index is 5.61. The molecular formula is C16H33N3O. The van der Waals surface area contributed by atoms with Crippen LogP contribution in [0.4, 0.5) is 0 Å². The lowest BCUT2D eigenvalue weighted by atomic mass is 9.98. The summed E-state index contributed by atoms with van der Waals surface area (Å²) in [5, 5.41) is 3.78. The van der Waals surface area contributed by atoms with Crippen LogP contribution in [0.2, 0.25) is 0 Å². The van der Waals surface area contributed by atoms with Gasteiger partial charge in [0, 0.05) is 37.7 Å². The van der Waals surface area contributed by atoms with Gasteiger partial charge in [-0.1, -0.05) is 6.92 Å². The molecular weight excluding hydrogens is 250 g/mol. The molecule has 0 spiro atoms. The van der Waals surface area contributed by atoms with Crippen molar-refractivity contribution in [2.75, 3.05) is 53.5 Å². The predicted octanol–water partition coefficient (Wildman–Crippen LogP) is 1.42. The van der Waals surface area contributed by atoms with E-state index in [4.69, 9.17) is 4.74 Å². The Kier molecular flexibility index (Phi) is 6.75. The van der Waals surface area contributed by atoms with Crippen LogP contribution in [0.15, 0.2) is 0 Å². The molecule has 3 unspecified atom stereocenters. The molecule has 4 heteroatoms. The second-order valence-corrected chi connectivity index (χ2v) is 6.74. The molecule has 3 atom stereocenters. The molecule has 0 aliphatic carbocycles. The lowest BCUT2D eigenvalue weighted by molar-refractivity contribution is 0.147. The molecule has 20 heavy (non-hydrogen) atoms. The fourth-order valence-electron chi connectivity index (χ4n) is 3.60. The van der Waals surface area contributed by atoms with Gasteiger partial charge in [-0.05, 0) is 52.9 Å². The quantitative estimate of drug-likeness (QED) is 0.729. The van der Waals surface area contributed by atoms with Gasteiger partial charge in [-0.15, -0.1) is 0 Å². The minimum atomic E-state index is 0.611. The smallest absolute Gasteiger partial charge is 0.0510 e. The van der Waals surface area contributed by atoms with Gasteiger partial charge in [0.15, 0.2) is 0 Å². The molecule has 0 radical (unpaired) electrons. The molecule has 0 saturated carbocycles. The van der Waals surface area contributed by atoms with Crippen molar-refractivity contribution in [3.8, 4) is 0 Å². The Labute approximate surface area is 124 Å². The maximum absolute atomic E-state index is 5.61. The van der Waals surface area contributed by atoms with Crippen LogP contribution in [0.3, 0.4) is 0 Å². The van der Waals surface area contributed by atoms with Gasteiger partial charge in [-0.25, -0.2) is 0 Å². The average molecular weight is 283 g/mol. The summed E-state index contributed by atoms with van der Waals surface area (Å²) < 4.78 is 5.61. The van der Waals surface area contributed by atoms with E-state index in [1.807, 2.05) is 0 Å². The number of rotatable bonds is 8. The van der Waals surface area contributed by atoms with Crippen molar-refractivity contribution >= 4 is 0 Å². The van der Waals surface area contributed by atoms with E-state index in [0.29, 0.717) is 12.0 Å². The monoisotopic (exact) mass is 283 g/mol. The third-order valence-electron chi connectivity index (χ3n) is 4.70. The van der Waals surface area contributed by atoms with Crippen molar-refractivity contribution in [1.29, 1.82) is 0 Å². The molecule has 0 aromatic rings. The molecule has 0 aromatic carbocycles. The first-order chi connectivity index (χ1) is 9.70. The lowest BCUT2D eigenvalue weighted by Crippen LogP contribution is -2.49. The minimum Gasteiger partial charge on any atom is -0.381 e. The minimum absolute atomic E-state index is 0.611. The highest BCUT2D eigenvalue weighted by molar-refractivity contribution is 4.88. The van der Waals surface area contributed by atoms with Crippen molar-refractivity contribution in [3.63, 3.8) is 0 Å². The van der Waals surface area contributed by atoms with Gasteiger partial charge in [0.25, 0.3) is 0 Å². The molecule has 2 aliphatic rings. The van der Waals surface area contributed by atoms with E-state index in [2.05, 4.69) is 36.1 Å². The van der Waals surface area contributed by atoms with E-state index >= 15 is 0 Å². The van der Waals surface area contributed by atoms with Gasteiger partial charge in [0.1, 0.15) is 0 Å². The van der Waals surface area contributed by atoms with Gasteiger partial charge in [-0.2, -0.15) is 0 Å². The number of ether oxygens (including phenoxy) is 1. The molecule has 2 rings (SSSR count). The predicted molar refractivity (Wildman–Crippen MR) is 84.2 cm³/mol. The van der Waals surface area contributed by atoms with Crippen LogP contribution in [-0.2, 0) is 4.74 Å². The molecule has 0 amide bonds. The number of hydrogen-bond acceptors (Lipinski definition) is 4. The van der Waals surface area contributed by atoms with Gasteiger partial charge < -0.3 is 15.0 Å². The van der Waals surface area contributed by atoms with Crippen LogP contribution in [-0.4, -0.2) is 75.4 Å². The highest BCUT2D eigenvalue weighted by atomic mass is 16.5. The molecule has 2 heterocycles. The number of nitrogens with zero attached hydrogens (tertiary/aromatic N) is 2. The first-order valence-electron chi connectivity index (χ1n) is 8.40. The molecule has 0 aromatic heterocycles. The zero-order valence-corrected chi connectivity index (χ0v) is 13.6. The molecule has 0 bridgehead atoms. The highest BCUT2D eigenvalue weighted by Gasteiger charge is 2.31. The Hall–Kier alpha value is -0.160.